The third-order valence-electron chi connectivity index (χ3n) is 4.29. The predicted octanol–water partition coefficient (Wildman–Crippen LogP) is 5.07. The Balaban J connectivity index is 1.76. The first-order chi connectivity index (χ1) is 9.75. The smallest absolute Gasteiger partial charge is 0.0450 e. The van der Waals surface area contributed by atoms with Crippen LogP contribution in [0.25, 0.3) is 0 Å². The van der Waals surface area contributed by atoms with Crippen molar-refractivity contribution in [2.24, 2.45) is 0 Å². The van der Waals surface area contributed by atoms with Crippen molar-refractivity contribution in [1.29, 1.82) is 0 Å². The van der Waals surface area contributed by atoms with E-state index in [1.807, 2.05) is 18.2 Å². The van der Waals surface area contributed by atoms with Gasteiger partial charge in [0.05, 0.1) is 0 Å². The standard InChI is InChI=1S/C18H20ClN/c1-13-10-11-18(16-8-4-3-7-15(13)16)20-12-14-6-2-5-9-17(14)19/h2-9,13,18,20H,10-12H2,1H3. The summed E-state index contributed by atoms with van der Waals surface area (Å²) in [6.07, 6.45) is 2.44. The minimum absolute atomic E-state index is 0.443. The first kappa shape index (κ1) is 13.7. The number of nitrogens with one attached hydrogen (secondary N) is 1. The minimum Gasteiger partial charge on any atom is -0.306 e. The van der Waals surface area contributed by atoms with Crippen LogP contribution in [0.2, 0.25) is 5.02 Å². The molecule has 104 valence electrons. The third kappa shape index (κ3) is 2.74. The van der Waals surface area contributed by atoms with Crippen LogP contribution in [0.4, 0.5) is 0 Å². The molecule has 0 fully saturated rings. The van der Waals surface area contributed by atoms with Gasteiger partial charge in [-0.1, -0.05) is 61.0 Å². The molecule has 0 heterocycles. The highest BCUT2D eigenvalue weighted by Crippen LogP contribution is 2.37. The van der Waals surface area contributed by atoms with Gasteiger partial charge in [-0.05, 0) is 41.5 Å². The highest BCUT2D eigenvalue weighted by Gasteiger charge is 2.23. The number of rotatable bonds is 3. The third-order valence-corrected chi connectivity index (χ3v) is 4.66. The van der Waals surface area contributed by atoms with Gasteiger partial charge in [-0.25, -0.2) is 0 Å². The van der Waals surface area contributed by atoms with E-state index in [4.69, 9.17) is 11.6 Å². The van der Waals surface area contributed by atoms with E-state index in [1.54, 1.807) is 0 Å². The average molecular weight is 286 g/mol. The molecule has 1 nitrogen and oxygen atoms in total. The maximum absolute atomic E-state index is 6.23. The highest BCUT2D eigenvalue weighted by molar-refractivity contribution is 6.31. The first-order valence-electron chi connectivity index (χ1n) is 7.31. The van der Waals surface area contributed by atoms with Crippen LogP contribution in [0.1, 0.15) is 48.4 Å². The van der Waals surface area contributed by atoms with Gasteiger partial charge in [-0.2, -0.15) is 0 Å². The van der Waals surface area contributed by atoms with E-state index in [0.29, 0.717) is 12.0 Å². The van der Waals surface area contributed by atoms with E-state index in [2.05, 4.69) is 42.6 Å². The van der Waals surface area contributed by atoms with Crippen LogP contribution in [0.5, 0.6) is 0 Å². The number of benzene rings is 2. The van der Waals surface area contributed by atoms with Gasteiger partial charge in [0.15, 0.2) is 0 Å². The van der Waals surface area contributed by atoms with Crippen LogP contribution in [-0.4, -0.2) is 0 Å². The number of hydrogen-bond donors (Lipinski definition) is 1. The van der Waals surface area contributed by atoms with Crippen molar-refractivity contribution in [3.05, 3.63) is 70.2 Å². The summed E-state index contributed by atoms with van der Waals surface area (Å²) in [4.78, 5) is 0. The van der Waals surface area contributed by atoms with E-state index < -0.39 is 0 Å². The fourth-order valence-corrected chi connectivity index (χ4v) is 3.29. The number of halogens is 1. The van der Waals surface area contributed by atoms with Gasteiger partial charge in [0.2, 0.25) is 0 Å². The summed E-state index contributed by atoms with van der Waals surface area (Å²) in [6.45, 7) is 3.15. The van der Waals surface area contributed by atoms with Crippen molar-refractivity contribution < 1.29 is 0 Å². The zero-order valence-corrected chi connectivity index (χ0v) is 12.5. The molecule has 0 radical (unpaired) electrons. The topological polar surface area (TPSA) is 12.0 Å². The zero-order valence-electron chi connectivity index (χ0n) is 11.8. The Morgan fingerprint density at radius 1 is 1.00 bits per heavy atom. The molecule has 1 aliphatic rings. The summed E-state index contributed by atoms with van der Waals surface area (Å²) in [6, 6.07) is 17.3. The zero-order chi connectivity index (χ0) is 13.9. The van der Waals surface area contributed by atoms with Crippen molar-refractivity contribution in [3.63, 3.8) is 0 Å². The van der Waals surface area contributed by atoms with E-state index in [9.17, 15) is 0 Å². The molecule has 0 spiro atoms. The quantitative estimate of drug-likeness (QED) is 0.830. The van der Waals surface area contributed by atoms with Crippen LogP contribution >= 0.6 is 11.6 Å². The van der Waals surface area contributed by atoms with E-state index >= 15 is 0 Å². The summed E-state index contributed by atoms with van der Waals surface area (Å²) in [7, 11) is 0. The molecule has 0 saturated carbocycles. The van der Waals surface area contributed by atoms with Crippen molar-refractivity contribution in [2.45, 2.75) is 38.3 Å². The molecule has 0 saturated heterocycles. The molecule has 3 rings (SSSR count). The highest BCUT2D eigenvalue weighted by atomic mass is 35.5. The second-order valence-electron chi connectivity index (χ2n) is 5.63. The SMILES string of the molecule is CC1CCC(NCc2ccccc2Cl)c2ccccc21. The normalized spacial score (nSPS) is 21.5. The maximum Gasteiger partial charge on any atom is 0.0450 e. The molecule has 1 aliphatic carbocycles. The molecule has 20 heavy (non-hydrogen) atoms. The molecule has 0 aromatic heterocycles. The van der Waals surface area contributed by atoms with Gasteiger partial charge in [0.1, 0.15) is 0 Å². The fraction of sp³-hybridized carbons (Fsp3) is 0.333. The lowest BCUT2D eigenvalue weighted by Gasteiger charge is -2.30. The monoisotopic (exact) mass is 285 g/mol. The van der Waals surface area contributed by atoms with Gasteiger partial charge in [-0.3, -0.25) is 0 Å². The van der Waals surface area contributed by atoms with Gasteiger partial charge < -0.3 is 5.32 Å². The Morgan fingerprint density at radius 3 is 2.50 bits per heavy atom. The van der Waals surface area contributed by atoms with Crippen molar-refractivity contribution in [3.8, 4) is 0 Å². The van der Waals surface area contributed by atoms with Crippen LogP contribution in [-0.2, 0) is 6.54 Å². The Kier molecular flexibility index (Phi) is 4.09. The van der Waals surface area contributed by atoms with Crippen LogP contribution in [0.3, 0.4) is 0 Å². The van der Waals surface area contributed by atoms with Crippen LogP contribution < -0.4 is 5.32 Å². The minimum atomic E-state index is 0.443. The Labute approximate surface area is 126 Å². The second-order valence-corrected chi connectivity index (χ2v) is 6.04. The van der Waals surface area contributed by atoms with Gasteiger partial charge >= 0.3 is 0 Å². The molecule has 2 aromatic carbocycles. The fourth-order valence-electron chi connectivity index (χ4n) is 3.09. The molecule has 0 bridgehead atoms. The van der Waals surface area contributed by atoms with Gasteiger partial charge in [-0.15, -0.1) is 0 Å². The molecular weight excluding hydrogens is 266 g/mol. The van der Waals surface area contributed by atoms with Crippen molar-refractivity contribution in [2.75, 3.05) is 0 Å². The predicted molar refractivity (Wildman–Crippen MR) is 85.1 cm³/mol. The summed E-state index contributed by atoms with van der Waals surface area (Å²) in [5, 5.41) is 4.52. The molecular formula is C18H20ClN. The molecule has 2 atom stereocenters. The lowest BCUT2D eigenvalue weighted by Crippen LogP contribution is -2.26. The molecule has 2 heteroatoms. The summed E-state index contributed by atoms with van der Waals surface area (Å²) in [5.41, 5.74) is 4.12. The van der Waals surface area contributed by atoms with Crippen LogP contribution in [0.15, 0.2) is 48.5 Å². The number of fused-ring (bicyclic) bond motifs is 1. The second kappa shape index (κ2) is 5.99. The van der Waals surface area contributed by atoms with E-state index in [0.717, 1.165) is 11.6 Å². The largest absolute Gasteiger partial charge is 0.306 e. The lowest BCUT2D eigenvalue weighted by molar-refractivity contribution is 0.431. The van der Waals surface area contributed by atoms with E-state index in [-0.39, 0.29) is 0 Å². The van der Waals surface area contributed by atoms with Gasteiger partial charge in [0, 0.05) is 17.6 Å². The molecule has 0 aliphatic heterocycles. The van der Waals surface area contributed by atoms with E-state index in [1.165, 1.54) is 29.5 Å². The summed E-state index contributed by atoms with van der Waals surface area (Å²) in [5.74, 6) is 0.671. The van der Waals surface area contributed by atoms with Crippen molar-refractivity contribution in [1.82, 2.24) is 5.32 Å². The summed E-state index contributed by atoms with van der Waals surface area (Å²) >= 11 is 6.23. The van der Waals surface area contributed by atoms with Gasteiger partial charge in [0.25, 0.3) is 0 Å². The molecule has 1 N–H and O–H groups in total. The Hall–Kier alpha value is -1.31. The summed E-state index contributed by atoms with van der Waals surface area (Å²) < 4.78 is 0. The average Bonchev–Trinajstić information content (AvgIpc) is 2.48. The van der Waals surface area contributed by atoms with Crippen LogP contribution in [0, 0.1) is 0 Å². The lowest BCUT2D eigenvalue weighted by atomic mass is 9.81. The first-order valence-corrected chi connectivity index (χ1v) is 7.69. The molecule has 2 aromatic rings. The number of hydrogen-bond acceptors (Lipinski definition) is 1. The Bertz CT molecular complexity index is 593. The maximum atomic E-state index is 6.23. The molecule has 0 amide bonds. The molecule has 2 unspecified atom stereocenters. The Morgan fingerprint density at radius 2 is 1.70 bits per heavy atom. The van der Waals surface area contributed by atoms with Crippen molar-refractivity contribution >= 4 is 11.6 Å².